The topological polar surface area (TPSA) is 78.3 Å². The van der Waals surface area contributed by atoms with E-state index in [-0.39, 0.29) is 23.8 Å². The molecule has 0 aliphatic heterocycles. The van der Waals surface area contributed by atoms with E-state index in [1.165, 1.54) is 11.8 Å². The molecule has 3 rings (SSSR count). The number of anilines is 1. The van der Waals surface area contributed by atoms with Crippen LogP contribution in [0.1, 0.15) is 38.7 Å². The number of nitrogens with one attached hydrogen (secondary N) is 1. The van der Waals surface area contributed by atoms with Crippen molar-refractivity contribution < 1.29 is 14.3 Å². The molecule has 31 heavy (non-hydrogen) atoms. The van der Waals surface area contributed by atoms with E-state index in [1.807, 2.05) is 60.0 Å². The van der Waals surface area contributed by atoms with Crippen molar-refractivity contribution in [1.29, 1.82) is 0 Å². The monoisotopic (exact) mass is 504 g/mol. The number of benzene rings is 2. The summed E-state index contributed by atoms with van der Waals surface area (Å²) in [6.45, 7) is 6.03. The molecule has 2 aromatic carbocycles. The van der Waals surface area contributed by atoms with Crippen molar-refractivity contribution >= 4 is 39.3 Å². The van der Waals surface area contributed by atoms with E-state index in [1.54, 1.807) is 7.11 Å². The first-order valence-corrected chi connectivity index (χ1v) is 11.6. The molecule has 1 aromatic heterocycles. The van der Waals surface area contributed by atoms with Gasteiger partial charge in [0.2, 0.25) is 5.91 Å². The second kappa shape index (κ2) is 10.7. The van der Waals surface area contributed by atoms with Crippen LogP contribution in [-0.2, 0) is 4.79 Å². The largest absolute Gasteiger partial charge is 0.497 e. The summed E-state index contributed by atoms with van der Waals surface area (Å²) in [5.74, 6) is 2.23. The predicted molar refractivity (Wildman–Crippen MR) is 126 cm³/mol. The van der Waals surface area contributed by atoms with E-state index >= 15 is 0 Å². The molecular weight excluding hydrogens is 480 g/mol. The molecule has 0 spiro atoms. The van der Waals surface area contributed by atoms with Gasteiger partial charge in [0.1, 0.15) is 11.5 Å². The number of carbonyl (C=O) groups excluding carboxylic acids is 1. The number of ether oxygens (including phenoxy) is 2. The summed E-state index contributed by atoms with van der Waals surface area (Å²) in [6.07, 6.45) is -0.327. The van der Waals surface area contributed by atoms with Gasteiger partial charge in [-0.25, -0.2) is 0 Å². The standard InChI is InChI=1S/C22H25BrN4O3S/c1-14(2)27-21(15(3)30-19-10-6-9-18(12-19)29-4)25-26-22(27)31-13-20(28)24-17-8-5-7-16(23)11-17/h5-12,14-15H,13H2,1-4H3,(H,24,28). The molecule has 0 saturated carbocycles. The van der Waals surface area contributed by atoms with E-state index < -0.39 is 0 Å². The number of aromatic nitrogens is 3. The van der Waals surface area contributed by atoms with E-state index in [9.17, 15) is 4.79 Å². The normalized spacial score (nSPS) is 11.9. The first-order chi connectivity index (χ1) is 14.9. The van der Waals surface area contributed by atoms with Crippen LogP contribution in [0.5, 0.6) is 11.5 Å². The molecule has 1 unspecified atom stereocenters. The van der Waals surface area contributed by atoms with E-state index in [0.717, 1.165) is 15.9 Å². The Labute approximate surface area is 194 Å². The van der Waals surface area contributed by atoms with Crippen LogP contribution in [0.25, 0.3) is 0 Å². The van der Waals surface area contributed by atoms with Gasteiger partial charge >= 0.3 is 0 Å². The summed E-state index contributed by atoms with van der Waals surface area (Å²) in [5.41, 5.74) is 0.742. The third-order valence-corrected chi connectivity index (χ3v) is 5.80. The van der Waals surface area contributed by atoms with Crippen molar-refractivity contribution in [2.75, 3.05) is 18.2 Å². The van der Waals surface area contributed by atoms with Gasteiger partial charge < -0.3 is 19.4 Å². The van der Waals surface area contributed by atoms with Crippen LogP contribution in [-0.4, -0.2) is 33.5 Å². The van der Waals surface area contributed by atoms with Crippen molar-refractivity contribution in [3.05, 3.63) is 58.8 Å². The zero-order chi connectivity index (χ0) is 22.4. The number of halogens is 1. The fourth-order valence-electron chi connectivity index (χ4n) is 2.97. The number of nitrogens with zero attached hydrogens (tertiary/aromatic N) is 3. The van der Waals surface area contributed by atoms with Gasteiger partial charge in [-0.05, 0) is 51.1 Å². The maximum atomic E-state index is 12.4. The molecule has 0 fully saturated rings. The van der Waals surface area contributed by atoms with Crippen LogP contribution in [0.4, 0.5) is 5.69 Å². The zero-order valence-corrected chi connectivity index (χ0v) is 20.2. The van der Waals surface area contributed by atoms with Gasteiger partial charge in [-0.1, -0.05) is 39.8 Å². The van der Waals surface area contributed by atoms with Gasteiger partial charge in [-0.15, -0.1) is 10.2 Å². The predicted octanol–water partition coefficient (Wildman–Crippen LogP) is 5.50. The molecule has 1 atom stereocenters. The molecule has 0 aliphatic rings. The van der Waals surface area contributed by atoms with Crippen LogP contribution >= 0.6 is 27.7 Å². The first kappa shape index (κ1) is 23.1. The minimum Gasteiger partial charge on any atom is -0.497 e. The lowest BCUT2D eigenvalue weighted by atomic mass is 10.3. The van der Waals surface area contributed by atoms with Crippen LogP contribution in [0.3, 0.4) is 0 Å². The highest BCUT2D eigenvalue weighted by molar-refractivity contribution is 9.10. The van der Waals surface area contributed by atoms with Crippen LogP contribution < -0.4 is 14.8 Å². The van der Waals surface area contributed by atoms with E-state index in [0.29, 0.717) is 16.7 Å². The fourth-order valence-corrected chi connectivity index (χ4v) is 4.25. The Morgan fingerprint density at radius 3 is 2.58 bits per heavy atom. The number of thioether (sulfide) groups is 1. The summed E-state index contributed by atoms with van der Waals surface area (Å²) in [4.78, 5) is 12.4. The molecule has 7 nitrogen and oxygen atoms in total. The summed E-state index contributed by atoms with van der Waals surface area (Å²) < 4.78 is 14.2. The Hall–Kier alpha value is -2.52. The maximum absolute atomic E-state index is 12.4. The summed E-state index contributed by atoms with van der Waals surface area (Å²) >= 11 is 4.75. The van der Waals surface area contributed by atoms with Crippen molar-refractivity contribution in [3.63, 3.8) is 0 Å². The lowest BCUT2D eigenvalue weighted by Gasteiger charge is -2.19. The van der Waals surface area contributed by atoms with Gasteiger partial charge in [0.05, 0.1) is 12.9 Å². The number of rotatable bonds is 9. The second-order valence-corrected chi connectivity index (χ2v) is 8.95. The van der Waals surface area contributed by atoms with Gasteiger partial charge in [0.15, 0.2) is 17.1 Å². The highest BCUT2D eigenvalue weighted by Crippen LogP contribution is 2.29. The molecular formula is C22H25BrN4O3S. The van der Waals surface area contributed by atoms with Crippen LogP contribution in [0, 0.1) is 0 Å². The molecule has 1 heterocycles. The molecule has 3 aromatic rings. The van der Waals surface area contributed by atoms with Crippen LogP contribution in [0.15, 0.2) is 58.2 Å². The fraction of sp³-hybridized carbons (Fsp3) is 0.318. The quantitative estimate of drug-likeness (QED) is 0.387. The number of hydrogen-bond donors (Lipinski definition) is 1. The molecule has 0 bridgehead atoms. The summed E-state index contributed by atoms with van der Waals surface area (Å²) in [7, 11) is 1.62. The highest BCUT2D eigenvalue weighted by atomic mass is 79.9. The van der Waals surface area contributed by atoms with Crippen molar-refractivity contribution in [2.24, 2.45) is 0 Å². The molecule has 9 heteroatoms. The first-order valence-electron chi connectivity index (χ1n) is 9.81. The van der Waals surface area contributed by atoms with E-state index in [4.69, 9.17) is 9.47 Å². The molecule has 0 aliphatic carbocycles. The minimum atomic E-state index is -0.327. The highest BCUT2D eigenvalue weighted by Gasteiger charge is 2.22. The Kier molecular flexibility index (Phi) is 7.97. The van der Waals surface area contributed by atoms with Gasteiger partial charge in [0.25, 0.3) is 0 Å². The Bertz CT molecular complexity index is 1040. The molecule has 0 radical (unpaired) electrons. The zero-order valence-electron chi connectivity index (χ0n) is 17.8. The molecule has 1 amide bonds. The minimum absolute atomic E-state index is 0.108. The average Bonchev–Trinajstić information content (AvgIpc) is 3.17. The van der Waals surface area contributed by atoms with Gasteiger partial charge in [0, 0.05) is 22.3 Å². The SMILES string of the molecule is COc1cccc(OC(C)c2nnc(SCC(=O)Nc3cccc(Br)c3)n2C(C)C)c1. The lowest BCUT2D eigenvalue weighted by molar-refractivity contribution is -0.113. The van der Waals surface area contributed by atoms with Crippen molar-refractivity contribution in [3.8, 4) is 11.5 Å². The Morgan fingerprint density at radius 2 is 1.87 bits per heavy atom. The van der Waals surface area contributed by atoms with Gasteiger partial charge in [-0.2, -0.15) is 0 Å². The Balaban J connectivity index is 1.68. The number of amides is 1. The molecule has 1 N–H and O–H groups in total. The summed E-state index contributed by atoms with van der Waals surface area (Å²) in [6, 6.07) is 15.0. The third kappa shape index (κ3) is 6.24. The van der Waals surface area contributed by atoms with E-state index in [2.05, 4.69) is 45.3 Å². The van der Waals surface area contributed by atoms with Crippen molar-refractivity contribution in [2.45, 2.75) is 38.1 Å². The molecule has 0 saturated heterocycles. The number of hydrogen-bond acceptors (Lipinski definition) is 6. The maximum Gasteiger partial charge on any atom is 0.234 e. The van der Waals surface area contributed by atoms with Gasteiger partial charge in [-0.3, -0.25) is 4.79 Å². The average molecular weight is 505 g/mol. The van der Waals surface area contributed by atoms with Crippen LogP contribution in [0.2, 0.25) is 0 Å². The second-order valence-electron chi connectivity index (χ2n) is 7.09. The third-order valence-electron chi connectivity index (χ3n) is 4.37. The summed E-state index contributed by atoms with van der Waals surface area (Å²) in [5, 5.41) is 12.2. The number of methoxy groups -OCH3 is 1. The smallest absolute Gasteiger partial charge is 0.234 e. The number of carbonyl (C=O) groups is 1. The Morgan fingerprint density at radius 1 is 1.13 bits per heavy atom. The van der Waals surface area contributed by atoms with Crippen molar-refractivity contribution in [1.82, 2.24) is 14.8 Å². The lowest BCUT2D eigenvalue weighted by Crippen LogP contribution is -2.16. The molecule has 164 valence electrons.